The summed E-state index contributed by atoms with van der Waals surface area (Å²) in [5.74, 6) is 2.91. The summed E-state index contributed by atoms with van der Waals surface area (Å²) in [6, 6.07) is 5.96. The fourth-order valence-corrected chi connectivity index (χ4v) is 2.48. The van der Waals surface area contributed by atoms with Gasteiger partial charge in [0, 0.05) is 12.4 Å². The van der Waals surface area contributed by atoms with Gasteiger partial charge in [-0.2, -0.15) is 0 Å². The summed E-state index contributed by atoms with van der Waals surface area (Å²) in [4.78, 5) is 12.4. The Kier molecular flexibility index (Phi) is 3.46. The fourth-order valence-electron chi connectivity index (χ4n) is 2.48. The Hall–Kier alpha value is -1.88. The van der Waals surface area contributed by atoms with Crippen molar-refractivity contribution in [2.75, 3.05) is 31.1 Å². The zero-order valence-electron chi connectivity index (χ0n) is 11.2. The number of anilines is 1. The van der Waals surface area contributed by atoms with Gasteiger partial charge < -0.3 is 14.2 Å². The van der Waals surface area contributed by atoms with Gasteiger partial charge in [-0.3, -0.25) is 0 Å². The number of hydrogen-bond donors (Lipinski definition) is 1. The maximum atomic E-state index is 5.64. The molecule has 1 aliphatic heterocycles. The first-order chi connectivity index (χ1) is 9.31. The van der Waals surface area contributed by atoms with Crippen LogP contribution in [-0.4, -0.2) is 36.1 Å². The standard InChI is InChI=1S/C14H18N4O/c1-12-3-4-13(19-12)11-17-7-9-18(10-8-17)14-15-5-2-6-16-14/h2-6H,7-11H2,1H3/p+1. The molecule has 0 bridgehead atoms. The molecule has 1 fully saturated rings. The number of piperazine rings is 1. The zero-order valence-corrected chi connectivity index (χ0v) is 11.2. The molecular weight excluding hydrogens is 240 g/mol. The lowest BCUT2D eigenvalue weighted by molar-refractivity contribution is -0.915. The molecule has 100 valence electrons. The van der Waals surface area contributed by atoms with Crippen molar-refractivity contribution >= 4 is 5.95 Å². The Labute approximate surface area is 112 Å². The van der Waals surface area contributed by atoms with Gasteiger partial charge in [0.2, 0.25) is 5.95 Å². The van der Waals surface area contributed by atoms with E-state index in [1.165, 1.54) is 0 Å². The Morgan fingerprint density at radius 3 is 2.58 bits per heavy atom. The largest absolute Gasteiger partial charge is 0.460 e. The third kappa shape index (κ3) is 2.93. The monoisotopic (exact) mass is 259 g/mol. The topological polar surface area (TPSA) is 46.6 Å². The first kappa shape index (κ1) is 12.2. The van der Waals surface area contributed by atoms with Crippen molar-refractivity contribution in [2.45, 2.75) is 13.5 Å². The van der Waals surface area contributed by atoms with Crippen LogP contribution in [-0.2, 0) is 6.54 Å². The molecular formula is C14H19N4O+. The highest BCUT2D eigenvalue weighted by Gasteiger charge is 2.22. The molecule has 19 heavy (non-hydrogen) atoms. The highest BCUT2D eigenvalue weighted by atomic mass is 16.3. The van der Waals surface area contributed by atoms with Crippen LogP contribution in [0.4, 0.5) is 5.95 Å². The molecule has 0 aromatic carbocycles. The summed E-state index contributed by atoms with van der Waals surface area (Å²) in [5.41, 5.74) is 0. The van der Waals surface area contributed by atoms with Crippen molar-refractivity contribution in [3.05, 3.63) is 42.1 Å². The highest BCUT2D eigenvalue weighted by Crippen LogP contribution is 2.06. The lowest BCUT2D eigenvalue weighted by Gasteiger charge is -2.31. The van der Waals surface area contributed by atoms with Crippen molar-refractivity contribution in [1.29, 1.82) is 0 Å². The molecule has 0 unspecified atom stereocenters. The van der Waals surface area contributed by atoms with E-state index >= 15 is 0 Å². The van der Waals surface area contributed by atoms with Crippen molar-refractivity contribution in [3.8, 4) is 0 Å². The van der Waals surface area contributed by atoms with Crippen LogP contribution in [0.5, 0.6) is 0 Å². The molecule has 0 radical (unpaired) electrons. The first-order valence-corrected chi connectivity index (χ1v) is 6.72. The third-order valence-electron chi connectivity index (χ3n) is 3.53. The van der Waals surface area contributed by atoms with Crippen LogP contribution in [0.3, 0.4) is 0 Å². The van der Waals surface area contributed by atoms with Crippen LogP contribution in [0.1, 0.15) is 11.5 Å². The molecule has 5 nitrogen and oxygen atoms in total. The summed E-state index contributed by atoms with van der Waals surface area (Å²) >= 11 is 0. The van der Waals surface area contributed by atoms with Gasteiger partial charge in [-0.1, -0.05) is 0 Å². The van der Waals surface area contributed by atoms with Gasteiger partial charge in [0.15, 0.2) is 5.76 Å². The Bertz CT molecular complexity index is 517. The summed E-state index contributed by atoms with van der Waals surface area (Å²) in [7, 11) is 0. The van der Waals surface area contributed by atoms with Gasteiger partial charge in [0.25, 0.3) is 0 Å². The van der Waals surface area contributed by atoms with Crippen molar-refractivity contribution in [1.82, 2.24) is 9.97 Å². The molecule has 2 aromatic heterocycles. The molecule has 3 heterocycles. The van der Waals surface area contributed by atoms with Crippen LogP contribution in [0.25, 0.3) is 0 Å². The third-order valence-corrected chi connectivity index (χ3v) is 3.53. The predicted octanol–water partition coefficient (Wildman–Crippen LogP) is 0.283. The average Bonchev–Trinajstić information content (AvgIpc) is 2.86. The summed E-state index contributed by atoms with van der Waals surface area (Å²) in [5, 5.41) is 0. The van der Waals surface area contributed by atoms with Crippen molar-refractivity contribution in [2.24, 2.45) is 0 Å². The summed E-state index contributed by atoms with van der Waals surface area (Å²) in [6.45, 7) is 7.15. The Morgan fingerprint density at radius 2 is 1.95 bits per heavy atom. The van der Waals surface area contributed by atoms with E-state index in [1.807, 2.05) is 19.1 Å². The molecule has 3 rings (SSSR count). The normalized spacial score (nSPS) is 16.8. The van der Waals surface area contributed by atoms with E-state index in [4.69, 9.17) is 4.42 Å². The molecule has 0 aliphatic carbocycles. The van der Waals surface area contributed by atoms with E-state index in [9.17, 15) is 0 Å². The molecule has 0 spiro atoms. The minimum Gasteiger partial charge on any atom is -0.460 e. The molecule has 0 atom stereocenters. The predicted molar refractivity (Wildman–Crippen MR) is 72.1 cm³/mol. The minimum atomic E-state index is 0.843. The molecule has 0 amide bonds. The smallest absolute Gasteiger partial charge is 0.225 e. The Morgan fingerprint density at radius 1 is 1.21 bits per heavy atom. The summed E-state index contributed by atoms with van der Waals surface area (Å²) < 4.78 is 5.64. The van der Waals surface area contributed by atoms with Gasteiger partial charge >= 0.3 is 0 Å². The van der Waals surface area contributed by atoms with Gasteiger partial charge in [0.1, 0.15) is 12.3 Å². The van der Waals surface area contributed by atoms with E-state index in [0.717, 1.165) is 50.2 Å². The van der Waals surface area contributed by atoms with Gasteiger partial charge in [-0.15, -0.1) is 0 Å². The van der Waals surface area contributed by atoms with Gasteiger partial charge in [-0.25, -0.2) is 9.97 Å². The lowest BCUT2D eigenvalue weighted by Crippen LogP contribution is -3.13. The fraction of sp³-hybridized carbons (Fsp3) is 0.429. The quantitative estimate of drug-likeness (QED) is 0.860. The average molecular weight is 259 g/mol. The second kappa shape index (κ2) is 5.40. The number of nitrogens with one attached hydrogen (secondary N) is 1. The molecule has 1 aliphatic rings. The molecule has 1 saturated heterocycles. The van der Waals surface area contributed by atoms with Crippen molar-refractivity contribution < 1.29 is 9.32 Å². The molecule has 5 heteroatoms. The van der Waals surface area contributed by atoms with Crippen LogP contribution < -0.4 is 9.80 Å². The van der Waals surface area contributed by atoms with E-state index < -0.39 is 0 Å². The SMILES string of the molecule is Cc1ccc(C[NH+]2CCN(c3ncccn3)CC2)o1. The van der Waals surface area contributed by atoms with Crippen LogP contribution in [0, 0.1) is 6.92 Å². The second-order valence-corrected chi connectivity index (χ2v) is 4.97. The Balaban J connectivity index is 1.55. The second-order valence-electron chi connectivity index (χ2n) is 4.97. The van der Waals surface area contributed by atoms with Crippen LogP contribution in [0.2, 0.25) is 0 Å². The van der Waals surface area contributed by atoms with E-state index in [1.54, 1.807) is 17.3 Å². The zero-order chi connectivity index (χ0) is 13.1. The molecule has 1 N–H and O–H groups in total. The number of hydrogen-bond acceptors (Lipinski definition) is 4. The number of furan rings is 1. The molecule has 0 saturated carbocycles. The van der Waals surface area contributed by atoms with Gasteiger partial charge in [0.05, 0.1) is 26.2 Å². The maximum absolute atomic E-state index is 5.64. The number of nitrogens with zero attached hydrogens (tertiary/aromatic N) is 3. The van der Waals surface area contributed by atoms with E-state index in [-0.39, 0.29) is 0 Å². The number of rotatable bonds is 3. The number of aryl methyl sites for hydroxylation is 1. The number of aromatic nitrogens is 2. The maximum Gasteiger partial charge on any atom is 0.225 e. The van der Waals surface area contributed by atoms with Crippen LogP contribution in [0.15, 0.2) is 35.0 Å². The van der Waals surface area contributed by atoms with Gasteiger partial charge in [-0.05, 0) is 25.1 Å². The van der Waals surface area contributed by atoms with Crippen LogP contribution >= 0.6 is 0 Å². The summed E-state index contributed by atoms with van der Waals surface area (Å²) in [6.07, 6.45) is 3.60. The number of quaternary nitrogens is 1. The highest BCUT2D eigenvalue weighted by molar-refractivity contribution is 5.28. The lowest BCUT2D eigenvalue weighted by atomic mass is 10.3. The van der Waals surface area contributed by atoms with Crippen molar-refractivity contribution in [3.63, 3.8) is 0 Å². The van der Waals surface area contributed by atoms with E-state index in [0.29, 0.717) is 0 Å². The van der Waals surface area contributed by atoms with E-state index in [2.05, 4.69) is 20.9 Å². The first-order valence-electron chi connectivity index (χ1n) is 6.72. The molecule has 2 aromatic rings. The minimum absolute atomic E-state index is 0.843.